The average molecular weight is 301 g/mol. The second kappa shape index (κ2) is 6.07. The summed E-state index contributed by atoms with van der Waals surface area (Å²) in [6.07, 6.45) is 2.75. The van der Waals surface area contributed by atoms with Crippen LogP contribution in [0.2, 0.25) is 0 Å². The van der Waals surface area contributed by atoms with E-state index in [4.69, 9.17) is 5.73 Å². The van der Waals surface area contributed by atoms with E-state index in [1.165, 1.54) is 22.5 Å². The molecule has 0 spiro atoms. The summed E-state index contributed by atoms with van der Waals surface area (Å²) in [6, 6.07) is 3.85. The quantitative estimate of drug-likeness (QED) is 0.890. The van der Waals surface area contributed by atoms with Gasteiger partial charge in [-0.25, -0.2) is 4.39 Å². The first-order valence-electron chi connectivity index (χ1n) is 6.72. The minimum absolute atomic E-state index is 0.0250. The van der Waals surface area contributed by atoms with E-state index in [1.807, 2.05) is 6.92 Å². The number of nitrogens with zero attached hydrogens (tertiary/aromatic N) is 1. The zero-order chi connectivity index (χ0) is 14.8. The lowest BCUT2D eigenvalue weighted by molar-refractivity contribution is 0.270. The van der Waals surface area contributed by atoms with Gasteiger partial charge in [0.15, 0.2) is 0 Å². The lowest BCUT2D eigenvalue weighted by Crippen LogP contribution is -2.45. The van der Waals surface area contributed by atoms with E-state index in [0.717, 1.165) is 19.3 Å². The van der Waals surface area contributed by atoms with Gasteiger partial charge in [-0.05, 0) is 43.5 Å². The van der Waals surface area contributed by atoms with E-state index >= 15 is 0 Å². The predicted octanol–water partition coefficient (Wildman–Crippen LogP) is 1.82. The van der Waals surface area contributed by atoms with Crippen LogP contribution in [0.5, 0.6) is 0 Å². The Labute approximate surface area is 119 Å². The van der Waals surface area contributed by atoms with Gasteiger partial charge in [-0.3, -0.25) is 4.72 Å². The highest BCUT2D eigenvalue weighted by Crippen LogP contribution is 2.23. The molecule has 1 aromatic carbocycles. The highest BCUT2D eigenvalue weighted by Gasteiger charge is 2.29. The molecule has 1 saturated heterocycles. The molecule has 2 rings (SSSR count). The Kier molecular flexibility index (Phi) is 4.62. The van der Waals surface area contributed by atoms with Crippen molar-refractivity contribution in [3.8, 4) is 0 Å². The molecular formula is C13H20FN3O2S. The summed E-state index contributed by atoms with van der Waals surface area (Å²) in [5.41, 5.74) is 6.31. The van der Waals surface area contributed by atoms with Crippen LogP contribution in [0.1, 0.15) is 31.7 Å². The topological polar surface area (TPSA) is 75.4 Å². The Morgan fingerprint density at radius 2 is 2.20 bits per heavy atom. The highest BCUT2D eigenvalue weighted by molar-refractivity contribution is 7.90. The molecule has 20 heavy (non-hydrogen) atoms. The minimum Gasteiger partial charge on any atom is -0.326 e. The van der Waals surface area contributed by atoms with Gasteiger partial charge in [-0.1, -0.05) is 6.42 Å². The van der Waals surface area contributed by atoms with Crippen molar-refractivity contribution >= 4 is 15.9 Å². The highest BCUT2D eigenvalue weighted by atomic mass is 32.2. The van der Waals surface area contributed by atoms with E-state index in [1.54, 1.807) is 0 Å². The second-order valence-electron chi connectivity index (χ2n) is 5.07. The number of halogens is 1. The van der Waals surface area contributed by atoms with E-state index in [9.17, 15) is 12.8 Å². The van der Waals surface area contributed by atoms with Crippen molar-refractivity contribution in [2.75, 3.05) is 11.3 Å². The lowest BCUT2D eigenvalue weighted by Gasteiger charge is -2.32. The summed E-state index contributed by atoms with van der Waals surface area (Å²) in [5.74, 6) is -0.431. The third kappa shape index (κ3) is 3.28. The molecule has 7 heteroatoms. The smallest absolute Gasteiger partial charge is 0.301 e. The second-order valence-corrected chi connectivity index (χ2v) is 6.69. The van der Waals surface area contributed by atoms with Crippen molar-refractivity contribution in [2.24, 2.45) is 5.73 Å². The number of hydrogen-bond donors (Lipinski definition) is 2. The molecule has 0 aromatic heterocycles. The van der Waals surface area contributed by atoms with Gasteiger partial charge in [0.2, 0.25) is 0 Å². The summed E-state index contributed by atoms with van der Waals surface area (Å²) in [4.78, 5) is 0. The fourth-order valence-corrected chi connectivity index (χ4v) is 4.00. The number of hydrogen-bond acceptors (Lipinski definition) is 3. The van der Waals surface area contributed by atoms with Gasteiger partial charge in [-0.15, -0.1) is 0 Å². The zero-order valence-corrected chi connectivity index (χ0v) is 12.3. The van der Waals surface area contributed by atoms with Crippen LogP contribution in [0.15, 0.2) is 18.2 Å². The molecule has 1 aromatic rings. The zero-order valence-electron chi connectivity index (χ0n) is 11.5. The van der Waals surface area contributed by atoms with Crippen LogP contribution in [0, 0.1) is 5.82 Å². The number of benzene rings is 1. The van der Waals surface area contributed by atoms with Crippen molar-refractivity contribution < 1.29 is 12.8 Å². The minimum atomic E-state index is -3.63. The average Bonchev–Trinajstić information content (AvgIpc) is 2.41. The molecule has 0 saturated carbocycles. The van der Waals surface area contributed by atoms with Gasteiger partial charge in [0.05, 0.1) is 5.69 Å². The first kappa shape index (κ1) is 15.2. The van der Waals surface area contributed by atoms with Crippen LogP contribution in [-0.4, -0.2) is 25.3 Å². The molecule has 1 atom stereocenters. The molecule has 1 heterocycles. The summed E-state index contributed by atoms with van der Waals surface area (Å²) in [6.45, 7) is 2.48. The number of nitrogens with one attached hydrogen (secondary N) is 1. The molecule has 5 nitrogen and oxygen atoms in total. The summed E-state index contributed by atoms with van der Waals surface area (Å²) in [5, 5.41) is 0. The van der Waals surface area contributed by atoms with Crippen molar-refractivity contribution in [1.29, 1.82) is 0 Å². The Hall–Kier alpha value is -1.18. The molecular weight excluding hydrogens is 281 g/mol. The third-order valence-electron chi connectivity index (χ3n) is 3.58. The van der Waals surface area contributed by atoms with E-state index < -0.39 is 16.0 Å². The van der Waals surface area contributed by atoms with Crippen molar-refractivity contribution in [2.45, 2.75) is 38.8 Å². The van der Waals surface area contributed by atoms with Gasteiger partial charge in [0.25, 0.3) is 0 Å². The van der Waals surface area contributed by atoms with Gasteiger partial charge in [0, 0.05) is 19.1 Å². The fraction of sp³-hybridized carbons (Fsp3) is 0.538. The summed E-state index contributed by atoms with van der Waals surface area (Å²) < 4.78 is 41.9. The Bertz CT molecular complexity index is 577. The van der Waals surface area contributed by atoms with Crippen LogP contribution in [-0.2, 0) is 16.8 Å². The van der Waals surface area contributed by atoms with E-state index in [2.05, 4.69) is 4.72 Å². The van der Waals surface area contributed by atoms with E-state index in [-0.39, 0.29) is 12.6 Å². The fourth-order valence-electron chi connectivity index (χ4n) is 2.46. The van der Waals surface area contributed by atoms with Crippen LogP contribution in [0.25, 0.3) is 0 Å². The first-order chi connectivity index (χ1) is 9.44. The molecule has 0 radical (unpaired) electrons. The number of rotatable bonds is 4. The number of piperidine rings is 1. The van der Waals surface area contributed by atoms with Crippen LogP contribution in [0.4, 0.5) is 10.1 Å². The van der Waals surface area contributed by atoms with Gasteiger partial charge >= 0.3 is 10.2 Å². The molecule has 0 bridgehead atoms. The number of anilines is 1. The molecule has 112 valence electrons. The molecule has 3 N–H and O–H groups in total. The first-order valence-corrected chi connectivity index (χ1v) is 8.16. The van der Waals surface area contributed by atoms with Crippen LogP contribution in [0.3, 0.4) is 0 Å². The van der Waals surface area contributed by atoms with Gasteiger partial charge < -0.3 is 5.73 Å². The lowest BCUT2D eigenvalue weighted by atomic mass is 10.1. The van der Waals surface area contributed by atoms with Gasteiger partial charge in [-0.2, -0.15) is 12.7 Å². The predicted molar refractivity (Wildman–Crippen MR) is 76.9 cm³/mol. The maximum atomic E-state index is 13.1. The molecule has 0 aliphatic carbocycles. The van der Waals surface area contributed by atoms with Crippen LogP contribution >= 0.6 is 0 Å². The largest absolute Gasteiger partial charge is 0.326 e. The van der Waals surface area contributed by atoms with Crippen molar-refractivity contribution in [3.05, 3.63) is 29.6 Å². The van der Waals surface area contributed by atoms with Crippen LogP contribution < -0.4 is 10.5 Å². The maximum Gasteiger partial charge on any atom is 0.301 e. The summed E-state index contributed by atoms with van der Waals surface area (Å²) >= 11 is 0. The van der Waals surface area contributed by atoms with Gasteiger partial charge in [0.1, 0.15) is 5.82 Å². The standard InChI is InChI=1S/C13H20FN3O2S/c1-10-4-2-3-7-17(10)20(18,19)16-13-6-5-12(14)8-11(13)9-15/h5-6,8,10,16H,2-4,7,9,15H2,1H3. The monoisotopic (exact) mass is 301 g/mol. The molecule has 1 aliphatic rings. The number of nitrogens with two attached hydrogens (primary N) is 1. The SMILES string of the molecule is CC1CCCCN1S(=O)(=O)Nc1ccc(F)cc1CN. The van der Waals surface area contributed by atoms with Crippen molar-refractivity contribution in [3.63, 3.8) is 0 Å². The maximum absolute atomic E-state index is 13.1. The molecule has 0 amide bonds. The Morgan fingerprint density at radius 1 is 1.45 bits per heavy atom. The molecule has 1 unspecified atom stereocenters. The molecule has 1 aliphatic heterocycles. The Balaban J connectivity index is 2.23. The third-order valence-corrected chi connectivity index (χ3v) is 5.21. The van der Waals surface area contributed by atoms with E-state index in [0.29, 0.717) is 17.8 Å². The normalized spacial score (nSPS) is 20.9. The van der Waals surface area contributed by atoms with Crippen molar-refractivity contribution in [1.82, 2.24) is 4.31 Å². The Morgan fingerprint density at radius 3 is 2.85 bits per heavy atom. The summed E-state index contributed by atoms with van der Waals surface area (Å²) in [7, 11) is -3.63. The molecule has 1 fully saturated rings.